The largest absolute Gasteiger partial charge is 0.444 e. The summed E-state index contributed by atoms with van der Waals surface area (Å²) in [7, 11) is -3.83. The molecule has 1 aromatic heterocycles. The van der Waals surface area contributed by atoms with Crippen LogP contribution < -0.4 is 10.9 Å². The van der Waals surface area contributed by atoms with Gasteiger partial charge in [0.2, 0.25) is 0 Å². The maximum absolute atomic E-state index is 14.0. The predicted molar refractivity (Wildman–Crippen MR) is 118 cm³/mol. The quantitative estimate of drug-likeness (QED) is 0.612. The number of halogens is 2. The molecule has 0 saturated heterocycles. The number of benzene rings is 2. The molecule has 0 bridgehead atoms. The first-order valence-electron chi connectivity index (χ1n) is 9.89. The van der Waals surface area contributed by atoms with E-state index in [-0.39, 0.29) is 27.3 Å². The molecule has 3 aromatic rings. The maximum atomic E-state index is 14.0. The van der Waals surface area contributed by atoms with Crippen molar-refractivity contribution in [2.24, 2.45) is 0 Å². The van der Waals surface area contributed by atoms with Crippen molar-refractivity contribution in [3.8, 4) is 5.69 Å². The third-order valence-electron chi connectivity index (χ3n) is 4.51. The smallest absolute Gasteiger partial charge is 0.408 e. The lowest BCUT2D eigenvalue weighted by Crippen LogP contribution is -2.37. The Morgan fingerprint density at radius 2 is 1.76 bits per heavy atom. The number of nitrogens with zero attached hydrogens (tertiary/aromatic N) is 2. The molecule has 11 heteroatoms. The normalized spacial score (nSPS) is 13.1. The van der Waals surface area contributed by atoms with Crippen LogP contribution in [-0.2, 0) is 14.6 Å². The highest BCUT2D eigenvalue weighted by Crippen LogP contribution is 2.24. The van der Waals surface area contributed by atoms with Crippen molar-refractivity contribution in [1.29, 1.82) is 0 Å². The van der Waals surface area contributed by atoms with Crippen molar-refractivity contribution in [3.05, 3.63) is 64.2 Å². The highest BCUT2D eigenvalue weighted by atomic mass is 32.2. The van der Waals surface area contributed by atoms with Gasteiger partial charge in [0.1, 0.15) is 23.1 Å². The number of hydrogen-bond donors (Lipinski definition) is 1. The van der Waals surface area contributed by atoms with Gasteiger partial charge in [-0.1, -0.05) is 6.07 Å². The molecular weight excluding hydrogens is 456 g/mol. The molecule has 0 fully saturated rings. The number of rotatable bonds is 4. The average molecular weight is 480 g/mol. The van der Waals surface area contributed by atoms with Crippen LogP contribution in [0.25, 0.3) is 16.6 Å². The van der Waals surface area contributed by atoms with Crippen molar-refractivity contribution in [3.63, 3.8) is 0 Å². The molecule has 0 aliphatic heterocycles. The molecule has 0 saturated carbocycles. The van der Waals surface area contributed by atoms with E-state index in [1.165, 1.54) is 25.1 Å². The first kappa shape index (κ1) is 24.3. The number of hydrogen-bond acceptors (Lipinski definition) is 6. The zero-order chi connectivity index (χ0) is 24.7. The lowest BCUT2D eigenvalue weighted by molar-refractivity contribution is 0.0505. The Labute approximate surface area is 189 Å². The molecule has 0 radical (unpaired) electrons. The minimum atomic E-state index is -3.83. The lowest BCUT2D eigenvalue weighted by atomic mass is 10.2. The Balaban J connectivity index is 2.32. The minimum absolute atomic E-state index is 0.0453. The van der Waals surface area contributed by atoms with Crippen molar-refractivity contribution >= 4 is 26.8 Å². The number of fused-ring (bicyclic) bond motifs is 1. The van der Waals surface area contributed by atoms with Gasteiger partial charge in [-0.2, -0.15) is 0 Å². The molecule has 3 rings (SSSR count). The molecule has 1 unspecified atom stereocenters. The van der Waals surface area contributed by atoms with Gasteiger partial charge in [0.25, 0.3) is 5.56 Å². The zero-order valence-electron chi connectivity index (χ0n) is 18.6. The van der Waals surface area contributed by atoms with Crippen LogP contribution in [0, 0.1) is 11.6 Å². The zero-order valence-corrected chi connectivity index (χ0v) is 19.5. The number of ether oxygens (including phenoxy) is 1. The van der Waals surface area contributed by atoms with E-state index in [2.05, 4.69) is 10.3 Å². The number of aromatic nitrogens is 2. The van der Waals surface area contributed by atoms with Gasteiger partial charge in [0.15, 0.2) is 9.84 Å². The third kappa shape index (κ3) is 5.36. The van der Waals surface area contributed by atoms with Gasteiger partial charge in [-0.05, 0) is 52.0 Å². The van der Waals surface area contributed by atoms with Crippen LogP contribution in [0.15, 0.2) is 46.1 Å². The van der Waals surface area contributed by atoms with E-state index in [1.807, 2.05) is 0 Å². The van der Waals surface area contributed by atoms with E-state index in [0.717, 1.165) is 23.0 Å². The fourth-order valence-electron chi connectivity index (χ4n) is 3.28. The first-order valence-corrected chi connectivity index (χ1v) is 11.8. The fraction of sp³-hybridized carbons (Fsp3) is 0.318. The molecule has 0 aliphatic carbocycles. The molecule has 1 amide bonds. The number of amides is 1. The minimum Gasteiger partial charge on any atom is -0.444 e. The third-order valence-corrected chi connectivity index (χ3v) is 5.65. The molecule has 2 aromatic carbocycles. The van der Waals surface area contributed by atoms with Crippen LogP contribution >= 0.6 is 0 Å². The molecule has 33 heavy (non-hydrogen) atoms. The topological polar surface area (TPSA) is 107 Å². The second-order valence-corrected chi connectivity index (χ2v) is 10.5. The van der Waals surface area contributed by atoms with Crippen LogP contribution in [0.1, 0.15) is 39.6 Å². The summed E-state index contributed by atoms with van der Waals surface area (Å²) >= 11 is 0. The summed E-state index contributed by atoms with van der Waals surface area (Å²) in [5.74, 6) is -1.98. The number of carbonyl (C=O) groups is 1. The Kier molecular flexibility index (Phi) is 6.29. The molecule has 1 N–H and O–H groups in total. The van der Waals surface area contributed by atoms with E-state index in [4.69, 9.17) is 4.74 Å². The standard InChI is InChI=1S/C22H23F2N3O5S/c1-12(25-21(29)32-22(2,3)4)19-26-16-7-6-8-17(33(5,30)31)18(16)20(28)27(19)15-10-13(23)9-14(24)11-15/h6-12H,1-5H3,(H,25,29). The van der Waals surface area contributed by atoms with Crippen LogP contribution in [0.4, 0.5) is 13.6 Å². The predicted octanol–water partition coefficient (Wildman–Crippen LogP) is 3.65. The number of carbonyl (C=O) groups excluding carboxylic acids is 1. The number of nitrogens with one attached hydrogen (secondary N) is 1. The van der Waals surface area contributed by atoms with Gasteiger partial charge in [-0.25, -0.2) is 27.0 Å². The Hall–Kier alpha value is -3.34. The van der Waals surface area contributed by atoms with Gasteiger partial charge in [-0.3, -0.25) is 9.36 Å². The SMILES string of the molecule is CC(NC(=O)OC(C)(C)C)c1nc2cccc(S(C)(=O)=O)c2c(=O)n1-c1cc(F)cc(F)c1. The van der Waals surface area contributed by atoms with Gasteiger partial charge in [0.05, 0.1) is 27.5 Å². The van der Waals surface area contributed by atoms with Crippen LogP contribution in [0.2, 0.25) is 0 Å². The maximum Gasteiger partial charge on any atom is 0.408 e. The van der Waals surface area contributed by atoms with E-state index < -0.39 is 44.8 Å². The molecule has 0 aliphatic rings. The molecule has 1 heterocycles. The van der Waals surface area contributed by atoms with Crippen LogP contribution in [-0.4, -0.2) is 35.9 Å². The monoisotopic (exact) mass is 479 g/mol. The van der Waals surface area contributed by atoms with Crippen molar-refractivity contribution in [1.82, 2.24) is 14.9 Å². The summed E-state index contributed by atoms with van der Waals surface area (Å²) in [6, 6.07) is 5.60. The van der Waals surface area contributed by atoms with Crippen LogP contribution in [0.3, 0.4) is 0 Å². The molecule has 1 atom stereocenters. The van der Waals surface area contributed by atoms with Crippen LogP contribution in [0.5, 0.6) is 0 Å². The molecule has 8 nitrogen and oxygen atoms in total. The second-order valence-electron chi connectivity index (χ2n) is 8.53. The Bertz CT molecular complexity index is 1390. The summed E-state index contributed by atoms with van der Waals surface area (Å²) in [6.45, 7) is 6.52. The number of alkyl carbamates (subject to hydrolysis) is 1. The summed E-state index contributed by atoms with van der Waals surface area (Å²) in [5.41, 5.74) is -1.83. The average Bonchev–Trinajstić information content (AvgIpc) is 2.64. The van der Waals surface area contributed by atoms with Gasteiger partial charge in [-0.15, -0.1) is 0 Å². The highest BCUT2D eigenvalue weighted by molar-refractivity contribution is 7.91. The van der Waals surface area contributed by atoms with E-state index in [9.17, 15) is 26.8 Å². The first-order chi connectivity index (χ1) is 15.2. The van der Waals surface area contributed by atoms with Gasteiger partial charge >= 0.3 is 6.09 Å². The summed E-state index contributed by atoms with van der Waals surface area (Å²) < 4.78 is 58.7. The van der Waals surface area contributed by atoms with E-state index >= 15 is 0 Å². The highest BCUT2D eigenvalue weighted by Gasteiger charge is 2.25. The van der Waals surface area contributed by atoms with Crippen molar-refractivity contribution < 1.29 is 26.7 Å². The second kappa shape index (κ2) is 8.54. The van der Waals surface area contributed by atoms with Crippen molar-refractivity contribution in [2.75, 3.05) is 6.26 Å². The van der Waals surface area contributed by atoms with E-state index in [0.29, 0.717) is 6.07 Å². The molecular formula is C22H23F2N3O5S. The summed E-state index contributed by atoms with van der Waals surface area (Å²) in [5, 5.41) is 2.30. The van der Waals surface area contributed by atoms with Gasteiger partial charge < -0.3 is 10.1 Å². The Morgan fingerprint density at radius 3 is 2.30 bits per heavy atom. The van der Waals surface area contributed by atoms with E-state index in [1.54, 1.807) is 20.8 Å². The lowest BCUT2D eigenvalue weighted by Gasteiger charge is -2.23. The molecule has 0 spiro atoms. The fourth-order valence-corrected chi connectivity index (χ4v) is 4.17. The van der Waals surface area contributed by atoms with Crippen molar-refractivity contribution in [2.45, 2.75) is 44.2 Å². The number of sulfone groups is 1. The van der Waals surface area contributed by atoms with Gasteiger partial charge in [0, 0.05) is 12.3 Å². The summed E-state index contributed by atoms with van der Waals surface area (Å²) in [4.78, 5) is 29.9. The Morgan fingerprint density at radius 1 is 1.15 bits per heavy atom. The summed E-state index contributed by atoms with van der Waals surface area (Å²) in [6.07, 6.45) is 0.139. The molecule has 176 valence electrons.